The van der Waals surface area contributed by atoms with E-state index in [1.807, 2.05) is 42.2 Å². The lowest BCUT2D eigenvalue weighted by Gasteiger charge is -2.44. The minimum absolute atomic E-state index is 0.0735. The predicted octanol–water partition coefficient (Wildman–Crippen LogP) is 9.09. The number of carbonyl (C=O) groups excluding carboxylic acids is 4. The zero-order valence-electron chi connectivity index (χ0n) is 38.0. The topological polar surface area (TPSA) is 138 Å². The minimum Gasteiger partial charge on any atom is -0.465 e. The monoisotopic (exact) mass is 929 g/mol. The lowest BCUT2D eigenvalue weighted by atomic mass is 9.86. The third kappa shape index (κ3) is 12.6. The number of benzene rings is 3. The summed E-state index contributed by atoms with van der Waals surface area (Å²) in [5.74, 6) is 0.726. The van der Waals surface area contributed by atoms with Gasteiger partial charge in [-0.25, -0.2) is 9.48 Å². The minimum atomic E-state index is -3.47. The van der Waals surface area contributed by atoms with Crippen LogP contribution in [0.3, 0.4) is 0 Å². The number of carbonyl (C=O) groups is 4. The van der Waals surface area contributed by atoms with Crippen molar-refractivity contribution in [3.05, 3.63) is 101 Å². The Bertz CT molecular complexity index is 2270. The first-order valence-electron chi connectivity index (χ1n) is 23.3. The largest absolute Gasteiger partial charge is 0.465 e. The fourth-order valence-electron chi connectivity index (χ4n) is 9.70. The van der Waals surface area contributed by atoms with Crippen LogP contribution in [0.2, 0.25) is 0 Å². The Balaban J connectivity index is 0.000000157. The van der Waals surface area contributed by atoms with Gasteiger partial charge in [0, 0.05) is 60.8 Å². The molecule has 2 saturated carbocycles. The van der Waals surface area contributed by atoms with E-state index in [4.69, 9.17) is 9.26 Å². The summed E-state index contributed by atoms with van der Waals surface area (Å²) in [5.41, 5.74) is 2.40. The van der Waals surface area contributed by atoms with Gasteiger partial charge >= 0.3 is 13.5 Å². The van der Waals surface area contributed by atoms with Gasteiger partial charge in [0.1, 0.15) is 18.5 Å². The second-order valence-corrected chi connectivity index (χ2v) is 21.4. The molecule has 5 aliphatic rings. The summed E-state index contributed by atoms with van der Waals surface area (Å²) in [6, 6.07) is 28.2. The summed E-state index contributed by atoms with van der Waals surface area (Å²) in [4.78, 5) is 54.0. The highest BCUT2D eigenvalue weighted by atomic mass is 32.1. The van der Waals surface area contributed by atoms with Crippen LogP contribution in [0.1, 0.15) is 111 Å². The van der Waals surface area contributed by atoms with Gasteiger partial charge in [0.05, 0.1) is 17.6 Å². The molecule has 2 aliphatic carbocycles. The van der Waals surface area contributed by atoms with Gasteiger partial charge in [0.25, 0.3) is 5.91 Å². The average molecular weight is 930 g/mol. The summed E-state index contributed by atoms with van der Waals surface area (Å²) >= 11 is 1.39. The summed E-state index contributed by atoms with van der Waals surface area (Å²) in [6.45, 7) is 3.86. The van der Waals surface area contributed by atoms with E-state index < -0.39 is 19.7 Å². The van der Waals surface area contributed by atoms with E-state index in [-0.39, 0.29) is 24.2 Å². The lowest BCUT2D eigenvalue weighted by molar-refractivity contribution is -0.142. The third-order valence-corrected chi connectivity index (χ3v) is 16.6. The van der Waals surface area contributed by atoms with E-state index in [9.17, 15) is 28.1 Å². The fourth-order valence-corrected chi connectivity index (χ4v) is 12.4. The summed E-state index contributed by atoms with van der Waals surface area (Å²) < 4.78 is 38.5. The Labute approximate surface area is 387 Å². The lowest BCUT2D eigenvalue weighted by Crippen LogP contribution is -2.51. The van der Waals surface area contributed by atoms with Crippen LogP contribution in [0.25, 0.3) is 10.1 Å². The fraction of sp³-hybridized carbons (Fsp3) is 0.520. The molecule has 0 bridgehead atoms. The highest BCUT2D eigenvalue weighted by Gasteiger charge is 2.54. The van der Waals surface area contributed by atoms with Crippen LogP contribution in [-0.4, -0.2) is 109 Å². The van der Waals surface area contributed by atoms with Crippen LogP contribution in [0.5, 0.6) is 5.75 Å². The number of nitrogens with zero attached hydrogens (tertiary/aromatic N) is 3. The van der Waals surface area contributed by atoms with E-state index in [1.165, 1.54) is 29.7 Å². The smallest absolute Gasteiger partial charge is 0.321 e. The Morgan fingerprint density at radius 2 is 1.72 bits per heavy atom. The van der Waals surface area contributed by atoms with Crippen molar-refractivity contribution in [2.75, 3.05) is 40.3 Å². The molecule has 4 atom stereocenters. The molecule has 4 aromatic rings. The maximum absolute atomic E-state index is 13.6. The Morgan fingerprint density at radius 3 is 2.38 bits per heavy atom. The predicted molar refractivity (Wildman–Crippen MR) is 254 cm³/mol. The SMILES string of the molecule is CCCOC(=O)CNP(=O)(Cc1ccc2sc(C(=O)NC)cc2c1)Oc1ccccc1.CN(C1CC(F)C1)C1CCCC(=O)N2CCC[C@@H]2C1.O=CN1C[C@H](c2ccccc2)CC12CC2. The molecule has 3 saturated heterocycles. The van der Waals surface area contributed by atoms with Gasteiger partial charge in [0.2, 0.25) is 12.3 Å². The number of hydrogen-bond acceptors (Lipinski definition) is 9. The molecule has 3 aromatic carbocycles. The van der Waals surface area contributed by atoms with Crippen LogP contribution in [0, 0.1) is 0 Å². The van der Waals surface area contributed by atoms with Gasteiger partial charge in [-0.15, -0.1) is 11.3 Å². The van der Waals surface area contributed by atoms with Crippen molar-refractivity contribution in [1.29, 1.82) is 0 Å². The number of likely N-dealkylation sites (tertiary alicyclic amines) is 1. The zero-order valence-corrected chi connectivity index (χ0v) is 39.7. The highest BCUT2D eigenvalue weighted by Crippen LogP contribution is 2.53. The number of thiophene rings is 1. The highest BCUT2D eigenvalue weighted by molar-refractivity contribution is 7.56. The molecule has 5 fully saturated rings. The molecule has 2 unspecified atom stereocenters. The van der Waals surface area contributed by atoms with E-state index >= 15 is 0 Å². The van der Waals surface area contributed by atoms with Gasteiger partial charge in [-0.3, -0.25) is 23.7 Å². The third-order valence-electron chi connectivity index (χ3n) is 13.6. The molecule has 4 heterocycles. The molecular weight excluding hydrogens is 865 g/mol. The van der Waals surface area contributed by atoms with Crippen molar-refractivity contribution in [1.82, 2.24) is 25.1 Å². The maximum Gasteiger partial charge on any atom is 0.321 e. The number of fused-ring (bicyclic) bond motifs is 2. The van der Waals surface area contributed by atoms with Crippen LogP contribution < -0.4 is 14.9 Å². The number of esters is 1. The number of hydrogen-bond donors (Lipinski definition) is 2. The standard InChI is InChI=1S/C22H25N2O5PS.C15H25FN2O.C13H15NO/c1-3-11-28-21(25)14-24-30(27,29-18-7-5-4-6-8-18)15-16-9-10-19-17(12-16)13-20(31-19)22(26)23-2;1-17(14-8-11(16)9-14)12-4-2-6-15(19)18-7-3-5-13(18)10-12;15-10-14-9-12(8-13(14)6-7-13)11-4-2-1-3-5-11/h4-10,12-13H,3,11,14-15H2,1-2H3,(H,23,26)(H,24,27);11-14H,2-10H2,1H3;1-5,10,12H,6-9H2/t;11?,12?,13-,14?;12-/m.11/s1. The first kappa shape index (κ1) is 48.3. The summed E-state index contributed by atoms with van der Waals surface area (Å²) in [5, 5.41) is 6.28. The number of amides is 3. The second-order valence-electron chi connectivity index (χ2n) is 18.2. The molecule has 9 rings (SSSR count). The molecule has 65 heavy (non-hydrogen) atoms. The van der Waals surface area contributed by atoms with Crippen molar-refractivity contribution >= 4 is 53.1 Å². The average Bonchev–Trinajstić information content (AvgIpc) is 3.57. The summed E-state index contributed by atoms with van der Waals surface area (Å²) in [7, 11) is 0.275. The van der Waals surface area contributed by atoms with E-state index in [0.29, 0.717) is 72.9 Å². The van der Waals surface area contributed by atoms with Gasteiger partial charge in [0.15, 0.2) is 0 Å². The zero-order chi connectivity index (χ0) is 46.0. The van der Waals surface area contributed by atoms with Crippen LogP contribution in [0.15, 0.2) is 84.9 Å². The first-order valence-corrected chi connectivity index (χ1v) is 26.0. The van der Waals surface area contributed by atoms with Gasteiger partial charge in [-0.1, -0.05) is 61.5 Å². The molecule has 1 spiro atoms. The van der Waals surface area contributed by atoms with Gasteiger partial charge in [-0.05, 0) is 125 Å². The van der Waals surface area contributed by atoms with Crippen LogP contribution in [0.4, 0.5) is 4.39 Å². The molecule has 350 valence electrons. The normalized spacial score (nSPS) is 24.0. The number of alkyl halides is 1. The number of para-hydroxylation sites is 1. The molecule has 3 amide bonds. The number of halogens is 1. The van der Waals surface area contributed by atoms with Crippen molar-refractivity contribution in [2.45, 2.75) is 126 Å². The van der Waals surface area contributed by atoms with E-state index in [0.717, 1.165) is 73.7 Å². The Hall–Kier alpha value is -4.62. The van der Waals surface area contributed by atoms with Crippen LogP contribution in [-0.2, 0) is 29.8 Å². The second kappa shape index (κ2) is 22.2. The van der Waals surface area contributed by atoms with Crippen molar-refractivity contribution in [3.63, 3.8) is 0 Å². The quantitative estimate of drug-likeness (QED) is 0.0721. The number of rotatable bonds is 14. The van der Waals surface area contributed by atoms with Crippen molar-refractivity contribution < 1.29 is 37.4 Å². The molecular formula is C50H65FN5O7PS. The molecule has 3 aliphatic heterocycles. The van der Waals surface area contributed by atoms with E-state index in [2.05, 4.69) is 51.5 Å². The molecule has 12 nitrogen and oxygen atoms in total. The Morgan fingerprint density at radius 1 is 0.985 bits per heavy atom. The number of nitrogens with one attached hydrogen (secondary N) is 2. The van der Waals surface area contributed by atoms with Crippen molar-refractivity contribution in [3.8, 4) is 5.75 Å². The maximum atomic E-state index is 13.6. The van der Waals surface area contributed by atoms with Crippen LogP contribution >= 0.6 is 18.9 Å². The molecule has 15 heteroatoms. The molecule has 1 aromatic heterocycles. The van der Waals surface area contributed by atoms with E-state index in [1.54, 1.807) is 37.4 Å². The number of ether oxygens (including phenoxy) is 1. The first-order chi connectivity index (χ1) is 31.4. The Kier molecular flexibility index (Phi) is 16.5. The molecule has 0 radical (unpaired) electrons. The summed E-state index contributed by atoms with van der Waals surface area (Å²) in [6.07, 6.45) is 12.4. The molecule has 2 N–H and O–H groups in total. The van der Waals surface area contributed by atoms with Gasteiger partial charge < -0.3 is 29.3 Å². The van der Waals surface area contributed by atoms with Gasteiger partial charge in [-0.2, -0.15) is 0 Å². The van der Waals surface area contributed by atoms with Crippen molar-refractivity contribution in [2.24, 2.45) is 0 Å².